The van der Waals surface area contributed by atoms with Crippen molar-refractivity contribution in [3.05, 3.63) is 34.9 Å². The van der Waals surface area contributed by atoms with E-state index in [0.717, 1.165) is 19.3 Å². The van der Waals surface area contributed by atoms with Gasteiger partial charge in [-0.05, 0) is 42.9 Å². The van der Waals surface area contributed by atoms with Gasteiger partial charge in [0.15, 0.2) is 0 Å². The average molecular weight is 207 g/mol. The summed E-state index contributed by atoms with van der Waals surface area (Å²) in [5, 5.41) is 9.43. The van der Waals surface area contributed by atoms with Gasteiger partial charge in [-0.3, -0.25) is 0 Å². The lowest BCUT2D eigenvalue weighted by molar-refractivity contribution is 0.173. The molecular formula is C13H21NO. The van der Waals surface area contributed by atoms with Crippen molar-refractivity contribution in [3.63, 3.8) is 0 Å². The maximum atomic E-state index is 9.43. The number of aryl methyl sites for hydroxylation is 2. The Labute approximate surface area is 92.1 Å². The Balaban J connectivity index is 2.72. The molecule has 2 nitrogen and oxygen atoms in total. The van der Waals surface area contributed by atoms with E-state index in [1.165, 1.54) is 16.7 Å². The molecule has 1 unspecified atom stereocenters. The van der Waals surface area contributed by atoms with Crippen LogP contribution < -0.4 is 5.73 Å². The van der Waals surface area contributed by atoms with Gasteiger partial charge in [0.2, 0.25) is 0 Å². The van der Waals surface area contributed by atoms with Crippen LogP contribution in [-0.4, -0.2) is 17.8 Å². The first-order chi connectivity index (χ1) is 7.19. The smallest absolute Gasteiger partial charge is 0.0665 e. The fraction of sp³-hybridized carbons (Fsp3) is 0.538. The summed E-state index contributed by atoms with van der Waals surface area (Å²) in [4.78, 5) is 0. The lowest BCUT2D eigenvalue weighted by Gasteiger charge is -2.12. The molecule has 15 heavy (non-hydrogen) atoms. The van der Waals surface area contributed by atoms with Gasteiger partial charge in [0.1, 0.15) is 0 Å². The minimum absolute atomic E-state index is 0.354. The second-order valence-electron chi connectivity index (χ2n) is 3.99. The number of aliphatic hydroxyl groups excluding tert-OH is 1. The van der Waals surface area contributed by atoms with Gasteiger partial charge >= 0.3 is 0 Å². The summed E-state index contributed by atoms with van der Waals surface area (Å²) in [7, 11) is 0. The molecule has 3 N–H and O–H groups in total. The van der Waals surface area contributed by atoms with Crippen LogP contribution in [0, 0.1) is 6.92 Å². The quantitative estimate of drug-likeness (QED) is 0.773. The van der Waals surface area contributed by atoms with Gasteiger partial charge in [0, 0.05) is 6.54 Å². The second-order valence-corrected chi connectivity index (χ2v) is 3.99. The highest BCUT2D eigenvalue weighted by atomic mass is 16.3. The third-order valence-electron chi connectivity index (χ3n) is 2.88. The maximum absolute atomic E-state index is 9.43. The standard InChI is InChI=1S/C13H21NO/c1-3-13-10(2)5-4-6-11(13)7-8-12(15)9-14/h4-6,12,15H,3,7-9,14H2,1-2H3. The van der Waals surface area contributed by atoms with Gasteiger partial charge in [-0.2, -0.15) is 0 Å². The van der Waals surface area contributed by atoms with Crippen molar-refractivity contribution in [1.82, 2.24) is 0 Å². The molecule has 0 aliphatic rings. The molecule has 0 aromatic heterocycles. The van der Waals surface area contributed by atoms with Crippen molar-refractivity contribution < 1.29 is 5.11 Å². The average Bonchev–Trinajstić information content (AvgIpc) is 2.25. The molecule has 0 amide bonds. The number of aliphatic hydroxyl groups is 1. The van der Waals surface area contributed by atoms with E-state index in [-0.39, 0.29) is 6.10 Å². The molecule has 1 aromatic rings. The molecular weight excluding hydrogens is 186 g/mol. The zero-order valence-corrected chi connectivity index (χ0v) is 9.66. The molecule has 0 saturated heterocycles. The molecule has 84 valence electrons. The molecule has 0 spiro atoms. The number of nitrogens with two attached hydrogens (primary N) is 1. The van der Waals surface area contributed by atoms with Gasteiger partial charge in [0.05, 0.1) is 6.10 Å². The van der Waals surface area contributed by atoms with E-state index in [1.807, 2.05) is 0 Å². The highest BCUT2D eigenvalue weighted by Gasteiger charge is 2.06. The molecule has 0 fully saturated rings. The zero-order valence-electron chi connectivity index (χ0n) is 9.66. The van der Waals surface area contributed by atoms with Crippen LogP contribution in [0.1, 0.15) is 30.0 Å². The fourth-order valence-corrected chi connectivity index (χ4v) is 1.94. The van der Waals surface area contributed by atoms with Crippen molar-refractivity contribution in [3.8, 4) is 0 Å². The summed E-state index contributed by atoms with van der Waals surface area (Å²) in [5.74, 6) is 0. The van der Waals surface area contributed by atoms with Gasteiger partial charge in [-0.1, -0.05) is 25.1 Å². The molecule has 1 atom stereocenters. The Morgan fingerprint density at radius 2 is 2.13 bits per heavy atom. The van der Waals surface area contributed by atoms with Gasteiger partial charge in [-0.25, -0.2) is 0 Å². The first-order valence-electron chi connectivity index (χ1n) is 5.64. The molecule has 0 radical (unpaired) electrons. The predicted molar refractivity (Wildman–Crippen MR) is 63.9 cm³/mol. The van der Waals surface area contributed by atoms with E-state index in [1.54, 1.807) is 0 Å². The van der Waals surface area contributed by atoms with Crippen LogP contribution in [-0.2, 0) is 12.8 Å². The van der Waals surface area contributed by atoms with Crippen LogP contribution in [0.15, 0.2) is 18.2 Å². The fourth-order valence-electron chi connectivity index (χ4n) is 1.94. The number of rotatable bonds is 5. The Morgan fingerprint density at radius 3 is 2.73 bits per heavy atom. The summed E-state index contributed by atoms with van der Waals surface area (Å²) >= 11 is 0. The Kier molecular flexibility index (Phi) is 4.79. The van der Waals surface area contributed by atoms with Crippen LogP contribution in [0.4, 0.5) is 0 Å². The third kappa shape index (κ3) is 3.33. The monoisotopic (exact) mass is 207 g/mol. The van der Waals surface area contributed by atoms with Crippen molar-refractivity contribution >= 4 is 0 Å². The molecule has 0 bridgehead atoms. The second kappa shape index (κ2) is 5.89. The largest absolute Gasteiger partial charge is 0.392 e. The minimum Gasteiger partial charge on any atom is -0.392 e. The minimum atomic E-state index is -0.366. The molecule has 2 heteroatoms. The lowest BCUT2D eigenvalue weighted by Crippen LogP contribution is -2.20. The summed E-state index contributed by atoms with van der Waals surface area (Å²) < 4.78 is 0. The molecule has 0 aliphatic heterocycles. The van der Waals surface area contributed by atoms with Gasteiger partial charge < -0.3 is 10.8 Å². The molecule has 0 heterocycles. The first kappa shape index (κ1) is 12.2. The molecule has 1 aromatic carbocycles. The zero-order chi connectivity index (χ0) is 11.3. The lowest BCUT2D eigenvalue weighted by atomic mass is 9.95. The maximum Gasteiger partial charge on any atom is 0.0665 e. The SMILES string of the molecule is CCc1c(C)cccc1CCC(O)CN. The Hall–Kier alpha value is -0.860. The van der Waals surface area contributed by atoms with Crippen LogP contribution in [0.5, 0.6) is 0 Å². The van der Waals surface area contributed by atoms with E-state index in [9.17, 15) is 5.11 Å². The molecule has 0 aliphatic carbocycles. The van der Waals surface area contributed by atoms with Crippen LogP contribution >= 0.6 is 0 Å². The topological polar surface area (TPSA) is 46.2 Å². The number of benzene rings is 1. The van der Waals surface area contributed by atoms with Gasteiger partial charge in [-0.15, -0.1) is 0 Å². The van der Waals surface area contributed by atoms with E-state index in [2.05, 4.69) is 32.0 Å². The van der Waals surface area contributed by atoms with E-state index in [4.69, 9.17) is 5.73 Å². The highest BCUT2D eigenvalue weighted by molar-refractivity contribution is 5.34. The summed E-state index contributed by atoms with van der Waals surface area (Å²) in [6.07, 6.45) is 2.37. The van der Waals surface area contributed by atoms with Gasteiger partial charge in [0.25, 0.3) is 0 Å². The van der Waals surface area contributed by atoms with E-state index < -0.39 is 0 Å². The van der Waals surface area contributed by atoms with Crippen molar-refractivity contribution in [1.29, 1.82) is 0 Å². The van der Waals surface area contributed by atoms with E-state index >= 15 is 0 Å². The Bertz CT molecular complexity index is 309. The number of hydrogen-bond acceptors (Lipinski definition) is 2. The van der Waals surface area contributed by atoms with Crippen LogP contribution in [0.3, 0.4) is 0 Å². The molecule has 0 saturated carbocycles. The first-order valence-corrected chi connectivity index (χ1v) is 5.64. The molecule has 1 rings (SSSR count). The van der Waals surface area contributed by atoms with Crippen molar-refractivity contribution in [2.45, 2.75) is 39.2 Å². The highest BCUT2D eigenvalue weighted by Crippen LogP contribution is 2.17. The number of hydrogen-bond donors (Lipinski definition) is 2. The van der Waals surface area contributed by atoms with Crippen molar-refractivity contribution in [2.24, 2.45) is 5.73 Å². The van der Waals surface area contributed by atoms with Crippen LogP contribution in [0.2, 0.25) is 0 Å². The van der Waals surface area contributed by atoms with Crippen LogP contribution in [0.25, 0.3) is 0 Å². The third-order valence-corrected chi connectivity index (χ3v) is 2.88. The van der Waals surface area contributed by atoms with Crippen molar-refractivity contribution in [2.75, 3.05) is 6.54 Å². The summed E-state index contributed by atoms with van der Waals surface area (Å²) in [6.45, 7) is 4.67. The summed E-state index contributed by atoms with van der Waals surface area (Å²) in [6, 6.07) is 6.37. The summed E-state index contributed by atoms with van der Waals surface area (Å²) in [5.41, 5.74) is 9.50. The Morgan fingerprint density at radius 1 is 1.40 bits per heavy atom. The van der Waals surface area contributed by atoms with E-state index in [0.29, 0.717) is 6.54 Å². The predicted octanol–water partition coefficient (Wildman–Crippen LogP) is 1.81. The normalized spacial score (nSPS) is 12.8.